The number of likely N-dealkylation sites (tertiary alicyclic amines) is 1. The van der Waals surface area contributed by atoms with E-state index in [4.69, 9.17) is 10.8 Å². The fraction of sp³-hybridized carbons (Fsp3) is 0.778. The number of nitrogens with two attached hydrogens (primary N) is 1. The molecule has 0 bridgehead atoms. The summed E-state index contributed by atoms with van der Waals surface area (Å²) in [5, 5.41) is 8.88. The third-order valence-electron chi connectivity index (χ3n) is 2.66. The lowest BCUT2D eigenvalue weighted by molar-refractivity contribution is -0.139. The van der Waals surface area contributed by atoms with Gasteiger partial charge in [-0.1, -0.05) is 6.92 Å². The quantitative estimate of drug-likeness (QED) is 0.616. The van der Waals surface area contributed by atoms with Crippen molar-refractivity contribution in [2.24, 2.45) is 11.7 Å². The highest BCUT2D eigenvalue weighted by Crippen LogP contribution is 2.20. The third-order valence-corrected chi connectivity index (χ3v) is 2.66. The number of primary amides is 1. The molecule has 0 radical (unpaired) electrons. The minimum Gasteiger partial charge on any atom is -0.396 e. The highest BCUT2D eigenvalue weighted by Gasteiger charge is 2.36. The minimum absolute atomic E-state index is 0.148. The molecule has 14 heavy (non-hydrogen) atoms. The molecule has 0 spiro atoms. The Morgan fingerprint density at radius 1 is 1.79 bits per heavy atom. The Bertz CT molecular complexity index is 242. The van der Waals surface area contributed by atoms with Crippen LogP contribution in [0.15, 0.2) is 0 Å². The van der Waals surface area contributed by atoms with Crippen molar-refractivity contribution >= 4 is 11.8 Å². The molecule has 0 aromatic heterocycles. The van der Waals surface area contributed by atoms with E-state index < -0.39 is 11.9 Å². The monoisotopic (exact) mass is 200 g/mol. The molecule has 0 unspecified atom stereocenters. The second-order valence-corrected chi connectivity index (χ2v) is 3.53. The van der Waals surface area contributed by atoms with Gasteiger partial charge < -0.3 is 15.7 Å². The summed E-state index contributed by atoms with van der Waals surface area (Å²) in [7, 11) is 0. The topological polar surface area (TPSA) is 83.6 Å². The van der Waals surface area contributed by atoms with E-state index in [1.165, 1.54) is 4.90 Å². The van der Waals surface area contributed by atoms with E-state index in [0.29, 0.717) is 19.4 Å². The van der Waals surface area contributed by atoms with Gasteiger partial charge in [0.25, 0.3) is 0 Å². The van der Waals surface area contributed by atoms with Crippen LogP contribution >= 0.6 is 0 Å². The summed E-state index contributed by atoms with van der Waals surface area (Å²) in [6, 6.07) is -0.515. The van der Waals surface area contributed by atoms with Crippen molar-refractivity contribution in [3.8, 4) is 0 Å². The Hall–Kier alpha value is -1.10. The molecular formula is C9H16N2O3. The Balaban J connectivity index is 2.70. The van der Waals surface area contributed by atoms with Crippen molar-refractivity contribution in [2.75, 3.05) is 13.2 Å². The molecule has 3 N–H and O–H groups in total. The summed E-state index contributed by atoms with van der Waals surface area (Å²) in [5.41, 5.74) is 5.18. The first kappa shape index (κ1) is 11.0. The number of hydrogen-bond acceptors (Lipinski definition) is 3. The fourth-order valence-corrected chi connectivity index (χ4v) is 1.82. The standard InChI is InChI=1S/C9H16N2O3/c1-2-7(8(10)13)11-4-3-6(5-12)9(11)14/h6-7,12H,2-5H2,1H3,(H2,10,13)/t6-,7-/m1/s1. The lowest BCUT2D eigenvalue weighted by Gasteiger charge is -2.24. The summed E-state index contributed by atoms with van der Waals surface area (Å²) < 4.78 is 0. The van der Waals surface area contributed by atoms with Crippen LogP contribution in [0.3, 0.4) is 0 Å². The van der Waals surface area contributed by atoms with Crippen molar-refractivity contribution in [3.63, 3.8) is 0 Å². The molecule has 80 valence electrons. The van der Waals surface area contributed by atoms with Gasteiger partial charge >= 0.3 is 0 Å². The lowest BCUT2D eigenvalue weighted by Crippen LogP contribution is -2.45. The van der Waals surface area contributed by atoms with Crippen LogP contribution in [0.5, 0.6) is 0 Å². The molecule has 0 aromatic carbocycles. The molecule has 1 fully saturated rings. The summed E-state index contributed by atoms with van der Waals surface area (Å²) >= 11 is 0. The second kappa shape index (κ2) is 4.41. The normalized spacial score (nSPS) is 24.0. The van der Waals surface area contributed by atoms with E-state index >= 15 is 0 Å². The van der Waals surface area contributed by atoms with Gasteiger partial charge in [-0.3, -0.25) is 9.59 Å². The first-order valence-corrected chi connectivity index (χ1v) is 4.82. The molecule has 1 heterocycles. The maximum atomic E-state index is 11.6. The molecule has 2 amide bonds. The maximum Gasteiger partial charge on any atom is 0.240 e. The SMILES string of the molecule is CC[C@H](C(N)=O)N1CC[C@H](CO)C1=O. The molecular weight excluding hydrogens is 184 g/mol. The molecule has 1 rings (SSSR count). The summed E-state index contributed by atoms with van der Waals surface area (Å²) in [6.07, 6.45) is 1.14. The molecule has 5 heteroatoms. The Morgan fingerprint density at radius 2 is 2.43 bits per heavy atom. The van der Waals surface area contributed by atoms with Crippen LogP contribution in [0.2, 0.25) is 0 Å². The van der Waals surface area contributed by atoms with Crippen LogP contribution in [-0.4, -0.2) is 41.0 Å². The fourth-order valence-electron chi connectivity index (χ4n) is 1.82. The Morgan fingerprint density at radius 3 is 2.79 bits per heavy atom. The molecule has 0 aromatic rings. The molecule has 1 aliphatic heterocycles. The third kappa shape index (κ3) is 1.87. The minimum atomic E-state index is -0.515. The summed E-state index contributed by atoms with van der Waals surface area (Å²) in [5.74, 6) is -0.971. The molecule has 1 saturated heterocycles. The second-order valence-electron chi connectivity index (χ2n) is 3.53. The summed E-state index contributed by atoms with van der Waals surface area (Å²) in [4.78, 5) is 24.1. The number of carbonyl (C=O) groups is 2. The number of rotatable bonds is 4. The van der Waals surface area contributed by atoms with Crippen LogP contribution < -0.4 is 5.73 Å². The van der Waals surface area contributed by atoms with Crippen molar-refractivity contribution < 1.29 is 14.7 Å². The molecule has 5 nitrogen and oxygen atoms in total. The van der Waals surface area contributed by atoms with Crippen molar-refractivity contribution in [1.29, 1.82) is 0 Å². The molecule has 0 saturated carbocycles. The number of aliphatic hydroxyl groups excluding tert-OH is 1. The zero-order chi connectivity index (χ0) is 10.7. The van der Waals surface area contributed by atoms with E-state index in [1.54, 1.807) is 0 Å². The number of aliphatic hydroxyl groups is 1. The van der Waals surface area contributed by atoms with Crippen molar-refractivity contribution in [2.45, 2.75) is 25.8 Å². The van der Waals surface area contributed by atoms with E-state index in [0.717, 1.165) is 0 Å². The molecule has 1 aliphatic rings. The first-order chi connectivity index (χ1) is 6.61. The van der Waals surface area contributed by atoms with Gasteiger partial charge in [0.1, 0.15) is 6.04 Å². The zero-order valence-corrected chi connectivity index (χ0v) is 8.27. The van der Waals surface area contributed by atoms with Gasteiger partial charge in [-0.25, -0.2) is 0 Å². The number of nitrogens with zero attached hydrogens (tertiary/aromatic N) is 1. The van der Waals surface area contributed by atoms with E-state index in [-0.39, 0.29) is 18.4 Å². The number of carbonyl (C=O) groups excluding carboxylic acids is 2. The largest absolute Gasteiger partial charge is 0.396 e. The summed E-state index contributed by atoms with van der Waals surface area (Å²) in [6.45, 7) is 2.19. The average molecular weight is 200 g/mol. The zero-order valence-electron chi connectivity index (χ0n) is 8.27. The van der Waals surface area contributed by atoms with E-state index in [9.17, 15) is 9.59 Å². The lowest BCUT2D eigenvalue weighted by atomic mass is 10.1. The number of hydrogen-bond donors (Lipinski definition) is 2. The average Bonchev–Trinajstić information content (AvgIpc) is 2.49. The first-order valence-electron chi connectivity index (χ1n) is 4.82. The predicted octanol–water partition coefficient (Wildman–Crippen LogP) is -0.909. The van der Waals surface area contributed by atoms with Gasteiger partial charge in [0.2, 0.25) is 11.8 Å². The van der Waals surface area contributed by atoms with Gasteiger partial charge in [-0.05, 0) is 12.8 Å². The van der Waals surface area contributed by atoms with Crippen LogP contribution in [0, 0.1) is 5.92 Å². The van der Waals surface area contributed by atoms with Gasteiger partial charge in [0.15, 0.2) is 0 Å². The van der Waals surface area contributed by atoms with Gasteiger partial charge in [0, 0.05) is 6.54 Å². The molecule has 0 aliphatic carbocycles. The Labute approximate surface area is 82.9 Å². The smallest absolute Gasteiger partial charge is 0.240 e. The Kier molecular flexibility index (Phi) is 3.46. The van der Waals surface area contributed by atoms with Crippen LogP contribution in [0.1, 0.15) is 19.8 Å². The van der Waals surface area contributed by atoms with Crippen molar-refractivity contribution in [3.05, 3.63) is 0 Å². The van der Waals surface area contributed by atoms with Gasteiger partial charge in [-0.2, -0.15) is 0 Å². The molecule has 2 atom stereocenters. The van der Waals surface area contributed by atoms with Gasteiger partial charge in [-0.15, -0.1) is 0 Å². The van der Waals surface area contributed by atoms with E-state index in [2.05, 4.69) is 0 Å². The van der Waals surface area contributed by atoms with Gasteiger partial charge in [0.05, 0.1) is 12.5 Å². The van der Waals surface area contributed by atoms with Crippen LogP contribution in [-0.2, 0) is 9.59 Å². The highest BCUT2D eigenvalue weighted by atomic mass is 16.3. The van der Waals surface area contributed by atoms with Crippen molar-refractivity contribution in [1.82, 2.24) is 4.90 Å². The highest BCUT2D eigenvalue weighted by molar-refractivity contribution is 5.88. The number of amides is 2. The van der Waals surface area contributed by atoms with Crippen LogP contribution in [0.25, 0.3) is 0 Å². The maximum absolute atomic E-state index is 11.6. The van der Waals surface area contributed by atoms with E-state index in [1.807, 2.05) is 6.92 Å². The predicted molar refractivity (Wildman–Crippen MR) is 50.2 cm³/mol. The van der Waals surface area contributed by atoms with Crippen LogP contribution in [0.4, 0.5) is 0 Å².